The van der Waals surface area contributed by atoms with Crippen LogP contribution in [-0.2, 0) is 16.6 Å². The van der Waals surface area contributed by atoms with Gasteiger partial charge < -0.3 is 9.72 Å². The van der Waals surface area contributed by atoms with Crippen LogP contribution in [0.15, 0.2) is 0 Å². The Hall–Kier alpha value is -1.34. The van der Waals surface area contributed by atoms with E-state index < -0.39 is 5.41 Å². The molecule has 0 amide bonds. The fourth-order valence-corrected chi connectivity index (χ4v) is 1.63. The van der Waals surface area contributed by atoms with Gasteiger partial charge in [0.25, 0.3) is 0 Å². The highest BCUT2D eigenvalue weighted by Gasteiger charge is 2.43. The van der Waals surface area contributed by atoms with Crippen LogP contribution in [-0.4, -0.2) is 23.2 Å². The molecule has 14 heavy (non-hydrogen) atoms. The van der Waals surface area contributed by atoms with Gasteiger partial charge in [-0.1, -0.05) is 6.92 Å². The Balaban J connectivity index is 2.37. The van der Waals surface area contributed by atoms with Gasteiger partial charge in [-0.2, -0.15) is 5.26 Å². The van der Waals surface area contributed by atoms with Crippen LogP contribution in [0.25, 0.3) is 0 Å². The molecule has 0 unspecified atom stereocenters. The molecule has 1 aliphatic heterocycles. The van der Waals surface area contributed by atoms with Gasteiger partial charge in [-0.25, -0.2) is 4.98 Å². The molecule has 0 aliphatic carbocycles. The maximum Gasteiger partial charge on any atom is 0.161 e. The molecule has 1 saturated heterocycles. The van der Waals surface area contributed by atoms with Crippen molar-refractivity contribution in [1.82, 2.24) is 9.97 Å². The molecule has 0 aromatic carbocycles. The first-order valence-electron chi connectivity index (χ1n) is 4.77. The molecule has 0 bridgehead atoms. The van der Waals surface area contributed by atoms with Gasteiger partial charge in [-0.05, 0) is 13.3 Å². The van der Waals surface area contributed by atoms with E-state index in [1.165, 1.54) is 0 Å². The Labute approximate surface area is 82.9 Å². The van der Waals surface area contributed by atoms with Crippen LogP contribution in [0.2, 0.25) is 0 Å². The first-order chi connectivity index (χ1) is 6.72. The molecule has 0 radical (unpaired) electrons. The highest BCUT2D eigenvalue weighted by molar-refractivity contribution is 5.28. The van der Waals surface area contributed by atoms with Crippen LogP contribution in [0.1, 0.15) is 24.1 Å². The summed E-state index contributed by atoms with van der Waals surface area (Å²) in [6, 6.07) is 2.28. The smallest absolute Gasteiger partial charge is 0.161 e. The topological polar surface area (TPSA) is 61.7 Å². The lowest BCUT2D eigenvalue weighted by Gasteiger charge is -2.32. The minimum absolute atomic E-state index is 0.458. The quantitative estimate of drug-likeness (QED) is 0.760. The molecule has 74 valence electrons. The summed E-state index contributed by atoms with van der Waals surface area (Å²) in [6.07, 6.45) is 0.894. The van der Waals surface area contributed by atoms with Crippen LogP contribution in [0.4, 0.5) is 0 Å². The largest absolute Gasteiger partial charge is 0.377 e. The fourth-order valence-electron chi connectivity index (χ4n) is 1.63. The number of H-pyrrole nitrogens is 1. The molecule has 4 nitrogen and oxygen atoms in total. The zero-order chi connectivity index (χ0) is 10.2. The molecule has 4 heteroatoms. The number of aromatic nitrogens is 2. The predicted octanol–water partition coefficient (Wildman–Crippen LogP) is 1.07. The first kappa shape index (κ1) is 9.22. The number of rotatable bonds is 2. The molecule has 1 aromatic rings. The Morgan fingerprint density at radius 1 is 1.64 bits per heavy atom. The minimum Gasteiger partial charge on any atom is -0.377 e. The van der Waals surface area contributed by atoms with Crippen molar-refractivity contribution in [2.24, 2.45) is 0 Å². The van der Waals surface area contributed by atoms with Crippen molar-refractivity contribution in [3.8, 4) is 6.07 Å². The van der Waals surface area contributed by atoms with Crippen molar-refractivity contribution < 1.29 is 4.74 Å². The highest BCUT2D eigenvalue weighted by atomic mass is 16.5. The van der Waals surface area contributed by atoms with Gasteiger partial charge in [-0.15, -0.1) is 0 Å². The van der Waals surface area contributed by atoms with E-state index in [4.69, 9.17) is 10.00 Å². The summed E-state index contributed by atoms with van der Waals surface area (Å²) in [6.45, 7) is 4.96. The monoisotopic (exact) mass is 191 g/mol. The number of aromatic amines is 1. The minimum atomic E-state index is -0.516. The number of nitriles is 1. The first-order valence-corrected chi connectivity index (χ1v) is 4.77. The molecule has 2 heterocycles. The lowest BCUT2D eigenvalue weighted by molar-refractivity contribution is -0.0336. The van der Waals surface area contributed by atoms with Crippen LogP contribution < -0.4 is 0 Å². The third-order valence-corrected chi connectivity index (χ3v) is 2.68. The van der Waals surface area contributed by atoms with E-state index in [9.17, 15) is 0 Å². The summed E-state index contributed by atoms with van der Waals surface area (Å²) in [5, 5.41) is 9.07. The Morgan fingerprint density at radius 3 is 2.71 bits per heavy atom. The standard InChI is InChI=1S/C10H13N3O/c1-3-8-7(2)12-9(13-8)10(4-11)5-14-6-10/h3,5-6H2,1-2H3,(H,12,13). The number of nitrogens with zero attached hydrogens (tertiary/aromatic N) is 2. The van der Waals surface area contributed by atoms with Crippen molar-refractivity contribution in [2.75, 3.05) is 13.2 Å². The van der Waals surface area contributed by atoms with Gasteiger partial charge in [0, 0.05) is 5.69 Å². The highest BCUT2D eigenvalue weighted by Crippen LogP contribution is 2.30. The van der Waals surface area contributed by atoms with Crippen molar-refractivity contribution in [1.29, 1.82) is 5.26 Å². The zero-order valence-electron chi connectivity index (χ0n) is 8.42. The summed E-state index contributed by atoms with van der Waals surface area (Å²) >= 11 is 0. The van der Waals surface area contributed by atoms with Gasteiger partial charge in [-0.3, -0.25) is 0 Å². The molecule has 0 spiro atoms. The third-order valence-electron chi connectivity index (χ3n) is 2.68. The molecule has 1 aliphatic rings. The van der Waals surface area contributed by atoms with Crippen molar-refractivity contribution in [2.45, 2.75) is 25.7 Å². The predicted molar refractivity (Wildman–Crippen MR) is 50.8 cm³/mol. The molecule has 1 fully saturated rings. The number of imidazole rings is 1. The van der Waals surface area contributed by atoms with Crippen LogP contribution in [0.3, 0.4) is 0 Å². The van der Waals surface area contributed by atoms with E-state index in [2.05, 4.69) is 23.0 Å². The summed E-state index contributed by atoms with van der Waals surface area (Å²) in [5.74, 6) is 0.764. The Bertz CT molecular complexity index is 385. The molecule has 1 N–H and O–H groups in total. The molecule has 0 saturated carbocycles. The van der Waals surface area contributed by atoms with Gasteiger partial charge in [0.2, 0.25) is 0 Å². The van der Waals surface area contributed by atoms with Gasteiger partial charge in [0.15, 0.2) is 5.41 Å². The number of hydrogen-bond acceptors (Lipinski definition) is 3. The van der Waals surface area contributed by atoms with Crippen molar-refractivity contribution in [3.63, 3.8) is 0 Å². The average molecular weight is 191 g/mol. The second-order valence-corrected chi connectivity index (χ2v) is 3.70. The van der Waals surface area contributed by atoms with Gasteiger partial charge in [0.1, 0.15) is 5.82 Å². The van der Waals surface area contributed by atoms with Gasteiger partial charge in [0.05, 0.1) is 25.0 Å². The molecule has 2 rings (SSSR count). The molecular formula is C10H13N3O. The van der Waals surface area contributed by atoms with E-state index in [0.717, 1.165) is 23.6 Å². The third kappa shape index (κ3) is 1.13. The zero-order valence-corrected chi connectivity index (χ0v) is 8.42. The maximum atomic E-state index is 9.07. The van der Waals surface area contributed by atoms with E-state index in [1.807, 2.05) is 6.92 Å². The maximum absolute atomic E-state index is 9.07. The summed E-state index contributed by atoms with van der Waals surface area (Å²) in [4.78, 5) is 7.61. The van der Waals surface area contributed by atoms with E-state index >= 15 is 0 Å². The average Bonchev–Trinajstić information content (AvgIpc) is 2.46. The lowest BCUT2D eigenvalue weighted by atomic mass is 9.87. The van der Waals surface area contributed by atoms with Crippen molar-refractivity contribution >= 4 is 0 Å². The van der Waals surface area contributed by atoms with E-state index in [-0.39, 0.29) is 0 Å². The molecule has 1 aromatic heterocycles. The van der Waals surface area contributed by atoms with Crippen LogP contribution >= 0.6 is 0 Å². The number of nitrogens with one attached hydrogen (secondary N) is 1. The second kappa shape index (κ2) is 3.10. The van der Waals surface area contributed by atoms with Crippen LogP contribution in [0, 0.1) is 18.3 Å². The number of hydrogen-bond donors (Lipinski definition) is 1. The normalized spacial score (nSPS) is 18.6. The Morgan fingerprint density at radius 2 is 2.36 bits per heavy atom. The second-order valence-electron chi connectivity index (χ2n) is 3.70. The van der Waals surface area contributed by atoms with E-state index in [1.54, 1.807) is 0 Å². The van der Waals surface area contributed by atoms with Crippen molar-refractivity contribution in [3.05, 3.63) is 17.2 Å². The van der Waals surface area contributed by atoms with E-state index in [0.29, 0.717) is 13.2 Å². The molecule has 0 atom stereocenters. The summed E-state index contributed by atoms with van der Waals surface area (Å²) in [5.41, 5.74) is 1.59. The number of aryl methyl sites for hydroxylation is 2. The summed E-state index contributed by atoms with van der Waals surface area (Å²) < 4.78 is 5.08. The fraction of sp³-hybridized carbons (Fsp3) is 0.600. The summed E-state index contributed by atoms with van der Waals surface area (Å²) in [7, 11) is 0. The van der Waals surface area contributed by atoms with Gasteiger partial charge >= 0.3 is 0 Å². The number of ether oxygens (including phenoxy) is 1. The lowest BCUT2D eigenvalue weighted by Crippen LogP contribution is -2.46. The molecular weight excluding hydrogens is 178 g/mol. The Kier molecular flexibility index (Phi) is 2.05. The van der Waals surface area contributed by atoms with Crippen LogP contribution in [0.5, 0.6) is 0 Å². The SMILES string of the molecule is CCc1nc(C2(C#N)COC2)[nH]c1C.